The molecule has 0 aromatic carbocycles. The van der Waals surface area contributed by atoms with E-state index in [0.29, 0.717) is 12.3 Å². The summed E-state index contributed by atoms with van der Waals surface area (Å²) in [5.74, 6) is 0.508. The van der Waals surface area contributed by atoms with Crippen LogP contribution in [0.3, 0.4) is 0 Å². The largest absolute Gasteiger partial charge is 0.393 e. The Bertz CT molecular complexity index is 113. The van der Waals surface area contributed by atoms with Crippen LogP contribution >= 0.6 is 0 Å². The Kier molecular flexibility index (Phi) is 7.29. The molecule has 0 aromatic rings. The monoisotopic (exact) mass is 188 g/mol. The molecule has 0 amide bonds. The minimum Gasteiger partial charge on any atom is -0.393 e. The van der Waals surface area contributed by atoms with Crippen LogP contribution in [0.15, 0.2) is 0 Å². The van der Waals surface area contributed by atoms with Crippen molar-refractivity contribution < 1.29 is 10.2 Å². The van der Waals surface area contributed by atoms with E-state index in [4.69, 9.17) is 0 Å². The number of rotatable bonds is 7. The highest BCUT2D eigenvalue weighted by molar-refractivity contribution is 4.65. The van der Waals surface area contributed by atoms with E-state index in [0.717, 1.165) is 25.7 Å². The Balaban J connectivity index is 3.46. The molecule has 0 rings (SSSR count). The van der Waals surface area contributed by atoms with E-state index in [1.165, 1.54) is 0 Å². The second-order valence-corrected chi connectivity index (χ2v) is 4.32. The third-order valence-corrected chi connectivity index (χ3v) is 2.18. The van der Waals surface area contributed by atoms with Crippen LogP contribution in [0.4, 0.5) is 0 Å². The molecule has 2 heteroatoms. The summed E-state index contributed by atoms with van der Waals surface area (Å²) in [6.45, 7) is 6.28. The van der Waals surface area contributed by atoms with Gasteiger partial charge in [-0.25, -0.2) is 0 Å². The molecule has 0 aromatic heterocycles. The van der Waals surface area contributed by atoms with Crippen molar-refractivity contribution >= 4 is 0 Å². The minimum absolute atomic E-state index is 0.311. The number of hydrogen-bond acceptors (Lipinski definition) is 2. The van der Waals surface area contributed by atoms with Crippen LogP contribution in [0.25, 0.3) is 0 Å². The maximum atomic E-state index is 9.53. The molecule has 0 aliphatic heterocycles. The lowest BCUT2D eigenvalue weighted by Crippen LogP contribution is -2.19. The Morgan fingerprint density at radius 3 is 2.08 bits per heavy atom. The van der Waals surface area contributed by atoms with Crippen molar-refractivity contribution in [1.29, 1.82) is 0 Å². The van der Waals surface area contributed by atoms with Gasteiger partial charge in [-0.1, -0.05) is 33.6 Å². The lowest BCUT2D eigenvalue weighted by molar-refractivity contribution is 0.0631. The van der Waals surface area contributed by atoms with E-state index in [1.807, 2.05) is 0 Å². The predicted molar refractivity (Wildman–Crippen MR) is 55.6 cm³/mol. The summed E-state index contributed by atoms with van der Waals surface area (Å²) in [6, 6.07) is 0. The van der Waals surface area contributed by atoms with Crippen molar-refractivity contribution in [2.24, 2.45) is 5.92 Å². The van der Waals surface area contributed by atoms with Gasteiger partial charge >= 0.3 is 0 Å². The number of aliphatic hydroxyl groups excluding tert-OH is 2. The number of aliphatic hydroxyl groups is 2. The van der Waals surface area contributed by atoms with E-state index in [2.05, 4.69) is 20.8 Å². The molecule has 0 heterocycles. The van der Waals surface area contributed by atoms with Gasteiger partial charge in [-0.3, -0.25) is 0 Å². The van der Waals surface area contributed by atoms with Crippen LogP contribution in [-0.4, -0.2) is 22.4 Å². The highest BCUT2D eigenvalue weighted by Gasteiger charge is 2.12. The average molecular weight is 188 g/mol. The minimum atomic E-state index is -0.327. The average Bonchev–Trinajstić information content (AvgIpc) is 1.98. The Morgan fingerprint density at radius 2 is 1.62 bits per heavy atom. The first-order valence-corrected chi connectivity index (χ1v) is 5.42. The highest BCUT2D eigenvalue weighted by atomic mass is 16.3. The quantitative estimate of drug-likeness (QED) is 0.644. The van der Waals surface area contributed by atoms with Gasteiger partial charge in [0.1, 0.15) is 0 Å². The third-order valence-electron chi connectivity index (χ3n) is 2.18. The SMILES string of the molecule is CCCC[C@@H](O)C[C@@H](O)CC(C)C. The molecule has 0 aliphatic rings. The van der Waals surface area contributed by atoms with Crippen LogP contribution in [0.2, 0.25) is 0 Å². The van der Waals surface area contributed by atoms with Crippen molar-refractivity contribution in [3.05, 3.63) is 0 Å². The van der Waals surface area contributed by atoms with Crippen LogP contribution in [0.1, 0.15) is 52.9 Å². The summed E-state index contributed by atoms with van der Waals surface area (Å²) in [4.78, 5) is 0. The molecular weight excluding hydrogens is 164 g/mol. The zero-order valence-electron chi connectivity index (χ0n) is 9.16. The Morgan fingerprint density at radius 1 is 1.00 bits per heavy atom. The summed E-state index contributed by atoms with van der Waals surface area (Å²) in [5, 5.41) is 19.0. The van der Waals surface area contributed by atoms with Crippen molar-refractivity contribution in [2.45, 2.75) is 65.1 Å². The Labute approximate surface area is 82.0 Å². The molecular formula is C11H24O2. The van der Waals surface area contributed by atoms with E-state index in [1.54, 1.807) is 0 Å². The number of hydrogen-bond donors (Lipinski definition) is 2. The van der Waals surface area contributed by atoms with Gasteiger partial charge in [-0.2, -0.15) is 0 Å². The van der Waals surface area contributed by atoms with Gasteiger partial charge in [0.05, 0.1) is 12.2 Å². The molecule has 13 heavy (non-hydrogen) atoms. The standard InChI is InChI=1S/C11H24O2/c1-4-5-6-10(12)8-11(13)7-9(2)3/h9-13H,4-8H2,1-3H3/t10-,11+/m1/s1. The molecule has 2 nitrogen and oxygen atoms in total. The fraction of sp³-hybridized carbons (Fsp3) is 1.00. The molecule has 0 radical (unpaired) electrons. The molecule has 0 aliphatic carbocycles. The molecule has 0 bridgehead atoms. The highest BCUT2D eigenvalue weighted by Crippen LogP contribution is 2.12. The molecule has 0 fully saturated rings. The summed E-state index contributed by atoms with van der Waals surface area (Å²) in [7, 11) is 0. The lowest BCUT2D eigenvalue weighted by Gasteiger charge is -2.16. The molecule has 2 N–H and O–H groups in total. The fourth-order valence-corrected chi connectivity index (χ4v) is 1.51. The van der Waals surface area contributed by atoms with Crippen LogP contribution in [-0.2, 0) is 0 Å². The van der Waals surface area contributed by atoms with E-state index >= 15 is 0 Å². The van der Waals surface area contributed by atoms with Crippen LogP contribution in [0.5, 0.6) is 0 Å². The second-order valence-electron chi connectivity index (χ2n) is 4.32. The van der Waals surface area contributed by atoms with Gasteiger partial charge in [0, 0.05) is 0 Å². The normalized spacial score (nSPS) is 16.2. The number of unbranched alkanes of at least 4 members (excludes halogenated alkanes) is 1. The molecule has 2 atom stereocenters. The fourth-order valence-electron chi connectivity index (χ4n) is 1.51. The lowest BCUT2D eigenvalue weighted by atomic mass is 9.99. The van der Waals surface area contributed by atoms with Crippen molar-refractivity contribution in [1.82, 2.24) is 0 Å². The second kappa shape index (κ2) is 7.34. The van der Waals surface area contributed by atoms with Gasteiger partial charge in [-0.05, 0) is 25.2 Å². The molecule has 0 unspecified atom stereocenters. The molecule has 0 saturated heterocycles. The zero-order chi connectivity index (χ0) is 10.3. The van der Waals surface area contributed by atoms with Crippen molar-refractivity contribution in [3.8, 4) is 0 Å². The zero-order valence-corrected chi connectivity index (χ0v) is 9.16. The first-order valence-electron chi connectivity index (χ1n) is 5.42. The van der Waals surface area contributed by atoms with E-state index in [-0.39, 0.29) is 12.2 Å². The van der Waals surface area contributed by atoms with Gasteiger partial charge in [0.15, 0.2) is 0 Å². The molecule has 0 saturated carbocycles. The summed E-state index contributed by atoms with van der Waals surface area (Å²) in [5.41, 5.74) is 0. The molecule has 0 spiro atoms. The van der Waals surface area contributed by atoms with Crippen molar-refractivity contribution in [2.75, 3.05) is 0 Å². The predicted octanol–water partition coefficient (Wildman–Crippen LogP) is 2.33. The summed E-state index contributed by atoms with van der Waals surface area (Å²) >= 11 is 0. The molecule has 80 valence electrons. The summed E-state index contributed by atoms with van der Waals surface area (Å²) < 4.78 is 0. The van der Waals surface area contributed by atoms with Gasteiger partial charge in [-0.15, -0.1) is 0 Å². The van der Waals surface area contributed by atoms with Crippen LogP contribution < -0.4 is 0 Å². The maximum Gasteiger partial charge on any atom is 0.0567 e. The van der Waals surface area contributed by atoms with Gasteiger partial charge in [0.25, 0.3) is 0 Å². The topological polar surface area (TPSA) is 40.5 Å². The van der Waals surface area contributed by atoms with Crippen molar-refractivity contribution in [3.63, 3.8) is 0 Å². The van der Waals surface area contributed by atoms with Gasteiger partial charge < -0.3 is 10.2 Å². The van der Waals surface area contributed by atoms with E-state index < -0.39 is 0 Å². The smallest absolute Gasteiger partial charge is 0.0567 e. The summed E-state index contributed by atoms with van der Waals surface area (Å²) in [6.07, 6.45) is 3.68. The van der Waals surface area contributed by atoms with E-state index in [9.17, 15) is 10.2 Å². The maximum absolute atomic E-state index is 9.53. The Hall–Kier alpha value is -0.0800. The van der Waals surface area contributed by atoms with Crippen LogP contribution in [0, 0.1) is 5.92 Å². The third kappa shape index (κ3) is 8.26. The van der Waals surface area contributed by atoms with Gasteiger partial charge in [0.2, 0.25) is 0 Å². The first-order chi connectivity index (χ1) is 6.06. The first kappa shape index (κ1) is 12.9.